The number of hydrogen-bond acceptors (Lipinski definition) is 1. The minimum Gasteiger partial charge on any atom is -0.496 e. The summed E-state index contributed by atoms with van der Waals surface area (Å²) in [4.78, 5) is 0. The van der Waals surface area contributed by atoms with Crippen molar-refractivity contribution >= 4 is 0 Å². The molecule has 0 bridgehead atoms. The van der Waals surface area contributed by atoms with Crippen LogP contribution < -0.4 is 4.74 Å². The fraction of sp³-hybridized carbons (Fsp3) is 0.250. The maximum absolute atomic E-state index is 5.10. The lowest BCUT2D eigenvalue weighted by atomic mass is 10.3. The van der Waals surface area contributed by atoms with Crippen LogP contribution in [0.25, 0.3) is 0 Å². The maximum atomic E-state index is 5.10. The summed E-state index contributed by atoms with van der Waals surface area (Å²) in [5.74, 6) is 1.05. The molecular weight excluding hydrogens is 112 g/mol. The number of methoxy groups -OCH3 is 1. The van der Waals surface area contributed by atoms with Crippen molar-refractivity contribution in [2.24, 2.45) is 0 Å². The summed E-state index contributed by atoms with van der Waals surface area (Å²) in [6, 6.07) is 6.17. The summed E-state index contributed by atoms with van der Waals surface area (Å²) in [6.07, 6.45) is 1.14. The van der Waals surface area contributed by atoms with E-state index in [1.807, 2.05) is 12.1 Å². The molecular formula is C8H8O. The van der Waals surface area contributed by atoms with Crippen LogP contribution in [0.3, 0.4) is 0 Å². The number of rotatable bonds is 1. The highest BCUT2D eigenvalue weighted by molar-refractivity contribution is 5.54. The largest absolute Gasteiger partial charge is 0.496 e. The molecule has 0 atom stereocenters. The van der Waals surface area contributed by atoms with Crippen molar-refractivity contribution in [1.29, 1.82) is 0 Å². The van der Waals surface area contributed by atoms with Gasteiger partial charge in [0.15, 0.2) is 0 Å². The minimum atomic E-state index is 1.05. The third kappa shape index (κ3) is 0.611. The predicted molar refractivity (Wildman–Crippen MR) is 35.8 cm³/mol. The van der Waals surface area contributed by atoms with Gasteiger partial charge in [0.2, 0.25) is 0 Å². The molecule has 2 rings (SSSR count). The van der Waals surface area contributed by atoms with E-state index in [9.17, 15) is 0 Å². The molecule has 0 spiro atoms. The van der Waals surface area contributed by atoms with Crippen LogP contribution in [0.4, 0.5) is 0 Å². The molecule has 1 heteroatoms. The van der Waals surface area contributed by atoms with E-state index < -0.39 is 0 Å². The second-order valence-corrected chi connectivity index (χ2v) is 2.27. The van der Waals surface area contributed by atoms with Gasteiger partial charge in [0.25, 0.3) is 0 Å². The molecule has 0 unspecified atom stereocenters. The normalized spacial score (nSPS) is 12.6. The minimum absolute atomic E-state index is 1.05. The Bertz CT molecular complexity index is 240. The van der Waals surface area contributed by atoms with Gasteiger partial charge in [-0.2, -0.15) is 0 Å². The highest BCUT2D eigenvalue weighted by atomic mass is 16.5. The van der Waals surface area contributed by atoms with E-state index in [1.54, 1.807) is 7.11 Å². The molecule has 0 heterocycles. The van der Waals surface area contributed by atoms with Crippen LogP contribution in [0.2, 0.25) is 0 Å². The zero-order valence-electron chi connectivity index (χ0n) is 5.35. The Balaban J connectivity index is 2.51. The highest BCUT2D eigenvalue weighted by Gasteiger charge is 2.20. The van der Waals surface area contributed by atoms with Gasteiger partial charge < -0.3 is 4.74 Å². The SMILES string of the molecule is COc1cccc2c1C2. The first-order chi connectivity index (χ1) is 4.42. The van der Waals surface area contributed by atoms with Crippen LogP contribution in [-0.4, -0.2) is 7.11 Å². The van der Waals surface area contributed by atoms with Crippen LogP contribution in [0.15, 0.2) is 18.2 Å². The van der Waals surface area contributed by atoms with Crippen molar-refractivity contribution in [3.63, 3.8) is 0 Å². The molecule has 0 saturated carbocycles. The summed E-state index contributed by atoms with van der Waals surface area (Å²) < 4.78 is 5.10. The molecule has 1 nitrogen and oxygen atoms in total. The quantitative estimate of drug-likeness (QED) is 0.555. The summed E-state index contributed by atoms with van der Waals surface area (Å²) >= 11 is 0. The summed E-state index contributed by atoms with van der Waals surface area (Å²) in [6.45, 7) is 0. The standard InChI is InChI=1S/C8H8O/c1-9-8-4-2-3-6-5-7(6)8/h2-4H,5H2,1H3. The molecule has 0 aromatic heterocycles. The fourth-order valence-electron chi connectivity index (χ4n) is 1.09. The van der Waals surface area contributed by atoms with E-state index in [1.165, 1.54) is 11.1 Å². The number of hydrogen-bond donors (Lipinski definition) is 0. The molecule has 1 aromatic carbocycles. The predicted octanol–water partition coefficient (Wildman–Crippen LogP) is 1.60. The van der Waals surface area contributed by atoms with Gasteiger partial charge in [0.1, 0.15) is 5.75 Å². The first kappa shape index (κ1) is 4.86. The van der Waals surface area contributed by atoms with Crippen LogP contribution in [0.1, 0.15) is 11.1 Å². The molecule has 0 amide bonds. The third-order valence-corrected chi connectivity index (χ3v) is 1.69. The van der Waals surface area contributed by atoms with Crippen molar-refractivity contribution in [3.8, 4) is 5.75 Å². The first-order valence-corrected chi connectivity index (χ1v) is 3.06. The fourth-order valence-corrected chi connectivity index (χ4v) is 1.09. The first-order valence-electron chi connectivity index (χ1n) is 3.06. The van der Waals surface area contributed by atoms with Crippen molar-refractivity contribution in [2.45, 2.75) is 6.42 Å². The molecule has 0 aliphatic heterocycles. The maximum Gasteiger partial charge on any atom is 0.122 e. The van der Waals surface area contributed by atoms with Gasteiger partial charge in [-0.3, -0.25) is 0 Å². The Morgan fingerprint density at radius 1 is 1.44 bits per heavy atom. The van der Waals surface area contributed by atoms with Gasteiger partial charge in [0, 0.05) is 12.0 Å². The second-order valence-electron chi connectivity index (χ2n) is 2.27. The number of ether oxygens (including phenoxy) is 1. The zero-order valence-corrected chi connectivity index (χ0v) is 5.35. The highest BCUT2D eigenvalue weighted by Crippen LogP contribution is 2.35. The Labute approximate surface area is 54.3 Å². The van der Waals surface area contributed by atoms with E-state index in [4.69, 9.17) is 4.74 Å². The van der Waals surface area contributed by atoms with Gasteiger partial charge in [-0.05, 0) is 11.6 Å². The number of benzene rings is 1. The average Bonchev–Trinajstić information content (AvgIpc) is 2.64. The summed E-state index contributed by atoms with van der Waals surface area (Å²) in [5, 5.41) is 0. The van der Waals surface area contributed by atoms with E-state index in [0.29, 0.717) is 0 Å². The third-order valence-electron chi connectivity index (χ3n) is 1.69. The van der Waals surface area contributed by atoms with Crippen molar-refractivity contribution in [2.75, 3.05) is 7.11 Å². The zero-order chi connectivity index (χ0) is 6.27. The molecule has 1 aliphatic carbocycles. The van der Waals surface area contributed by atoms with Crippen molar-refractivity contribution in [3.05, 3.63) is 29.3 Å². The Morgan fingerprint density at radius 3 is 3.00 bits per heavy atom. The van der Waals surface area contributed by atoms with Crippen LogP contribution in [-0.2, 0) is 6.42 Å². The second kappa shape index (κ2) is 1.50. The van der Waals surface area contributed by atoms with Gasteiger partial charge in [-0.1, -0.05) is 12.1 Å². The van der Waals surface area contributed by atoms with E-state index in [0.717, 1.165) is 12.2 Å². The Kier molecular flexibility index (Phi) is 0.810. The van der Waals surface area contributed by atoms with Crippen LogP contribution in [0.5, 0.6) is 5.75 Å². The molecule has 0 radical (unpaired) electrons. The smallest absolute Gasteiger partial charge is 0.122 e. The van der Waals surface area contributed by atoms with Crippen LogP contribution >= 0.6 is 0 Å². The molecule has 0 fully saturated rings. The van der Waals surface area contributed by atoms with E-state index in [-0.39, 0.29) is 0 Å². The molecule has 46 valence electrons. The topological polar surface area (TPSA) is 9.23 Å². The summed E-state index contributed by atoms with van der Waals surface area (Å²) in [5.41, 5.74) is 2.83. The Hall–Kier alpha value is -0.980. The number of fused-ring (bicyclic) bond motifs is 1. The van der Waals surface area contributed by atoms with Crippen LogP contribution in [0, 0.1) is 0 Å². The van der Waals surface area contributed by atoms with Crippen molar-refractivity contribution in [1.82, 2.24) is 0 Å². The lowest BCUT2D eigenvalue weighted by Gasteiger charge is -1.94. The molecule has 1 aliphatic rings. The summed E-state index contributed by atoms with van der Waals surface area (Å²) in [7, 11) is 1.72. The molecule has 1 aromatic rings. The van der Waals surface area contributed by atoms with Gasteiger partial charge >= 0.3 is 0 Å². The molecule has 0 N–H and O–H groups in total. The van der Waals surface area contributed by atoms with Gasteiger partial charge in [0.05, 0.1) is 7.11 Å². The monoisotopic (exact) mass is 120 g/mol. The van der Waals surface area contributed by atoms with E-state index >= 15 is 0 Å². The van der Waals surface area contributed by atoms with Crippen molar-refractivity contribution < 1.29 is 4.74 Å². The molecule has 9 heavy (non-hydrogen) atoms. The lowest BCUT2D eigenvalue weighted by molar-refractivity contribution is 0.414. The average molecular weight is 120 g/mol. The van der Waals surface area contributed by atoms with E-state index in [2.05, 4.69) is 6.07 Å². The molecule has 0 saturated heterocycles. The Morgan fingerprint density at radius 2 is 2.33 bits per heavy atom. The van der Waals surface area contributed by atoms with Gasteiger partial charge in [-0.15, -0.1) is 0 Å². The lowest BCUT2D eigenvalue weighted by Crippen LogP contribution is -1.79. The van der Waals surface area contributed by atoms with Gasteiger partial charge in [-0.25, -0.2) is 0 Å².